The number of anilines is 1. The standard InChI is InChI=1S/C21H18FN3O2S/c22-17-8-6-15(7-9-17)18-13-28-21(23-18)24-20(27)16-10-19(26)25(12-16)11-14-4-2-1-3-5-14/h1-9,13,16H,10-12H2,(H,23,24,27). The summed E-state index contributed by atoms with van der Waals surface area (Å²) in [5.74, 6) is -0.924. The number of halogens is 1. The first kappa shape index (κ1) is 18.3. The van der Waals surface area contributed by atoms with Gasteiger partial charge in [-0.1, -0.05) is 30.3 Å². The Labute approximate surface area is 165 Å². The van der Waals surface area contributed by atoms with Crippen molar-refractivity contribution >= 4 is 28.3 Å². The predicted molar refractivity (Wildman–Crippen MR) is 106 cm³/mol. The van der Waals surface area contributed by atoms with Crippen molar-refractivity contribution in [1.29, 1.82) is 0 Å². The van der Waals surface area contributed by atoms with Gasteiger partial charge in [-0.05, 0) is 29.8 Å². The van der Waals surface area contributed by atoms with Gasteiger partial charge in [0.05, 0.1) is 11.6 Å². The molecule has 1 aliphatic heterocycles. The minimum absolute atomic E-state index is 0.0184. The zero-order valence-corrected chi connectivity index (χ0v) is 15.8. The van der Waals surface area contributed by atoms with Crippen LogP contribution in [-0.4, -0.2) is 28.2 Å². The molecule has 1 aliphatic rings. The summed E-state index contributed by atoms with van der Waals surface area (Å²) < 4.78 is 13.0. The van der Waals surface area contributed by atoms with Gasteiger partial charge in [0.1, 0.15) is 5.82 Å². The fourth-order valence-electron chi connectivity index (χ4n) is 3.20. The zero-order valence-electron chi connectivity index (χ0n) is 15.0. The molecule has 5 nitrogen and oxygen atoms in total. The van der Waals surface area contributed by atoms with Gasteiger partial charge < -0.3 is 10.2 Å². The van der Waals surface area contributed by atoms with Crippen molar-refractivity contribution in [2.45, 2.75) is 13.0 Å². The Balaban J connectivity index is 1.38. The van der Waals surface area contributed by atoms with Crippen LogP contribution in [0.3, 0.4) is 0 Å². The van der Waals surface area contributed by atoms with Crippen molar-refractivity contribution in [1.82, 2.24) is 9.88 Å². The van der Waals surface area contributed by atoms with E-state index in [9.17, 15) is 14.0 Å². The number of rotatable bonds is 5. The molecule has 1 aromatic heterocycles. The van der Waals surface area contributed by atoms with Crippen LogP contribution in [0.4, 0.5) is 9.52 Å². The van der Waals surface area contributed by atoms with Crippen LogP contribution in [0, 0.1) is 11.7 Å². The first-order valence-electron chi connectivity index (χ1n) is 8.92. The van der Waals surface area contributed by atoms with Gasteiger partial charge in [-0.25, -0.2) is 9.37 Å². The molecule has 3 aromatic rings. The third-order valence-corrected chi connectivity index (χ3v) is 5.43. The fourth-order valence-corrected chi connectivity index (χ4v) is 3.92. The van der Waals surface area contributed by atoms with E-state index < -0.39 is 5.92 Å². The SMILES string of the molecule is O=C(Nc1nc(-c2ccc(F)cc2)cs1)C1CC(=O)N(Cc2ccccc2)C1. The molecule has 2 amide bonds. The van der Waals surface area contributed by atoms with Gasteiger partial charge in [-0.3, -0.25) is 9.59 Å². The van der Waals surface area contributed by atoms with Crippen molar-refractivity contribution < 1.29 is 14.0 Å². The molecule has 4 rings (SSSR count). The van der Waals surface area contributed by atoms with Gasteiger partial charge >= 0.3 is 0 Å². The Morgan fingerprint density at radius 2 is 1.93 bits per heavy atom. The smallest absolute Gasteiger partial charge is 0.231 e. The molecule has 1 fully saturated rings. The molecule has 0 radical (unpaired) electrons. The summed E-state index contributed by atoms with van der Waals surface area (Å²) in [7, 11) is 0. The highest BCUT2D eigenvalue weighted by Crippen LogP contribution is 2.27. The second kappa shape index (κ2) is 7.90. The fraction of sp³-hybridized carbons (Fsp3) is 0.190. The average molecular weight is 395 g/mol. The van der Waals surface area contributed by atoms with Crippen LogP contribution in [0.5, 0.6) is 0 Å². The van der Waals surface area contributed by atoms with E-state index in [0.717, 1.165) is 11.1 Å². The van der Waals surface area contributed by atoms with Crippen molar-refractivity contribution in [2.24, 2.45) is 5.92 Å². The van der Waals surface area contributed by atoms with Gasteiger partial charge in [0, 0.05) is 30.5 Å². The summed E-state index contributed by atoms with van der Waals surface area (Å²) in [6.07, 6.45) is 0.203. The third-order valence-electron chi connectivity index (χ3n) is 4.68. The molecule has 28 heavy (non-hydrogen) atoms. The molecule has 0 spiro atoms. The highest BCUT2D eigenvalue weighted by molar-refractivity contribution is 7.14. The summed E-state index contributed by atoms with van der Waals surface area (Å²) in [5.41, 5.74) is 2.50. The zero-order chi connectivity index (χ0) is 19.5. The maximum atomic E-state index is 13.0. The average Bonchev–Trinajstić information content (AvgIpc) is 3.30. The van der Waals surface area contributed by atoms with Crippen molar-refractivity contribution in [3.63, 3.8) is 0 Å². The molecule has 1 unspecified atom stereocenters. The minimum atomic E-state index is -0.394. The molecule has 1 atom stereocenters. The van der Waals surface area contributed by atoms with Gasteiger partial charge in [0.15, 0.2) is 5.13 Å². The van der Waals surface area contributed by atoms with Crippen LogP contribution in [0.25, 0.3) is 11.3 Å². The number of benzene rings is 2. The van der Waals surface area contributed by atoms with E-state index >= 15 is 0 Å². The lowest BCUT2D eigenvalue weighted by atomic mass is 10.1. The van der Waals surface area contributed by atoms with Crippen LogP contribution in [0.15, 0.2) is 60.0 Å². The van der Waals surface area contributed by atoms with E-state index in [2.05, 4.69) is 10.3 Å². The third kappa shape index (κ3) is 4.09. The number of hydrogen-bond donors (Lipinski definition) is 1. The molecule has 1 N–H and O–H groups in total. The first-order valence-corrected chi connectivity index (χ1v) is 9.80. The van der Waals surface area contributed by atoms with Gasteiger partial charge in [-0.15, -0.1) is 11.3 Å². The number of nitrogens with zero attached hydrogens (tertiary/aromatic N) is 2. The monoisotopic (exact) mass is 395 g/mol. The topological polar surface area (TPSA) is 62.3 Å². The van der Waals surface area contributed by atoms with Crippen molar-refractivity contribution in [3.05, 3.63) is 71.4 Å². The maximum absolute atomic E-state index is 13.0. The molecule has 1 saturated heterocycles. The summed E-state index contributed by atoms with van der Waals surface area (Å²) in [4.78, 5) is 30.9. The molecular weight excluding hydrogens is 377 g/mol. The number of carbonyl (C=O) groups is 2. The summed E-state index contributed by atoms with van der Waals surface area (Å²) in [5, 5.41) is 5.09. The normalized spacial score (nSPS) is 16.4. The lowest BCUT2D eigenvalue weighted by molar-refractivity contribution is -0.128. The van der Waals surface area contributed by atoms with Crippen molar-refractivity contribution in [3.8, 4) is 11.3 Å². The van der Waals surface area contributed by atoms with Crippen LogP contribution in [0.2, 0.25) is 0 Å². The molecule has 7 heteroatoms. The second-order valence-corrected chi connectivity index (χ2v) is 7.55. The second-order valence-electron chi connectivity index (χ2n) is 6.69. The first-order chi connectivity index (χ1) is 13.6. The van der Waals surface area contributed by atoms with E-state index in [-0.39, 0.29) is 24.1 Å². The lowest BCUT2D eigenvalue weighted by Gasteiger charge is -2.16. The molecule has 2 heterocycles. The maximum Gasteiger partial charge on any atom is 0.231 e. The summed E-state index contributed by atoms with van der Waals surface area (Å²) in [6, 6.07) is 15.8. The molecule has 0 bridgehead atoms. The van der Waals surface area contributed by atoms with Gasteiger partial charge in [0.2, 0.25) is 11.8 Å². The van der Waals surface area contributed by atoms with E-state index in [1.54, 1.807) is 17.0 Å². The highest BCUT2D eigenvalue weighted by Gasteiger charge is 2.34. The number of thiazole rings is 1. The Morgan fingerprint density at radius 1 is 1.18 bits per heavy atom. The molecule has 2 aromatic carbocycles. The van der Waals surface area contributed by atoms with Crippen LogP contribution in [-0.2, 0) is 16.1 Å². The van der Waals surface area contributed by atoms with Crippen molar-refractivity contribution in [2.75, 3.05) is 11.9 Å². The quantitative estimate of drug-likeness (QED) is 0.712. The molecule has 142 valence electrons. The van der Waals surface area contributed by atoms with Crippen LogP contribution >= 0.6 is 11.3 Å². The summed E-state index contributed by atoms with van der Waals surface area (Å²) in [6.45, 7) is 0.908. The molecule has 0 aliphatic carbocycles. The Hall–Kier alpha value is -3.06. The van der Waals surface area contributed by atoms with Gasteiger partial charge in [-0.2, -0.15) is 0 Å². The minimum Gasteiger partial charge on any atom is -0.338 e. The number of nitrogens with one attached hydrogen (secondary N) is 1. The molecule has 0 saturated carbocycles. The Kier molecular flexibility index (Phi) is 5.16. The number of hydrogen-bond acceptors (Lipinski definition) is 4. The largest absolute Gasteiger partial charge is 0.338 e. The number of carbonyl (C=O) groups excluding carboxylic acids is 2. The van der Waals surface area contributed by atoms with Crippen LogP contribution < -0.4 is 5.32 Å². The Morgan fingerprint density at radius 3 is 2.68 bits per heavy atom. The lowest BCUT2D eigenvalue weighted by Crippen LogP contribution is -2.28. The highest BCUT2D eigenvalue weighted by atomic mass is 32.1. The van der Waals surface area contributed by atoms with Gasteiger partial charge in [0.25, 0.3) is 0 Å². The number of likely N-dealkylation sites (tertiary alicyclic amines) is 1. The molecular formula is C21H18FN3O2S. The number of aromatic nitrogens is 1. The van der Waals surface area contributed by atoms with Crippen LogP contribution in [0.1, 0.15) is 12.0 Å². The number of amides is 2. The summed E-state index contributed by atoms with van der Waals surface area (Å²) >= 11 is 1.30. The Bertz CT molecular complexity index is 988. The van der Waals surface area contributed by atoms with E-state index in [0.29, 0.717) is 23.9 Å². The van der Waals surface area contributed by atoms with E-state index in [4.69, 9.17) is 0 Å². The van der Waals surface area contributed by atoms with E-state index in [1.807, 2.05) is 35.7 Å². The predicted octanol–water partition coefficient (Wildman–Crippen LogP) is 3.94. The van der Waals surface area contributed by atoms with E-state index in [1.165, 1.54) is 23.5 Å².